The average molecular weight is 360 g/mol. The Balaban J connectivity index is 1.57. The average Bonchev–Trinajstić information content (AvgIpc) is 3.35. The standard InChI is InChI=1S/C19H26ClN5/c1-12-3-5-14(6-4-12)10-17-21-11-15(20)18(22-17)19-16(9-13-7-8-13)25(2)24-23-19/h11-14H,3-10H2,1-2H3. The van der Waals surface area contributed by atoms with Gasteiger partial charge in [0.05, 0.1) is 10.7 Å². The molecule has 0 radical (unpaired) electrons. The minimum atomic E-state index is 0.568. The van der Waals surface area contributed by atoms with Gasteiger partial charge < -0.3 is 0 Å². The summed E-state index contributed by atoms with van der Waals surface area (Å²) in [5, 5.41) is 9.15. The first-order valence-corrected chi connectivity index (χ1v) is 9.88. The van der Waals surface area contributed by atoms with Crippen molar-refractivity contribution in [3.05, 3.63) is 22.7 Å². The van der Waals surface area contributed by atoms with Crippen molar-refractivity contribution >= 4 is 11.6 Å². The molecule has 25 heavy (non-hydrogen) atoms. The monoisotopic (exact) mass is 359 g/mol. The second-order valence-electron chi connectivity index (χ2n) is 7.97. The van der Waals surface area contributed by atoms with Crippen LogP contribution in [0.15, 0.2) is 6.20 Å². The number of hydrogen-bond acceptors (Lipinski definition) is 4. The molecular formula is C19H26ClN5. The van der Waals surface area contributed by atoms with Crippen LogP contribution >= 0.6 is 11.6 Å². The third kappa shape index (κ3) is 3.86. The zero-order chi connectivity index (χ0) is 17.4. The van der Waals surface area contributed by atoms with Crippen molar-refractivity contribution in [3.63, 3.8) is 0 Å². The summed E-state index contributed by atoms with van der Waals surface area (Å²) in [5.74, 6) is 3.21. The van der Waals surface area contributed by atoms with Crippen LogP contribution in [0.4, 0.5) is 0 Å². The van der Waals surface area contributed by atoms with Crippen LogP contribution in [-0.2, 0) is 19.9 Å². The quantitative estimate of drug-likeness (QED) is 0.800. The molecular weight excluding hydrogens is 334 g/mol. The Kier molecular flexibility index (Phi) is 4.76. The summed E-state index contributed by atoms with van der Waals surface area (Å²) in [6.07, 6.45) is 11.5. The van der Waals surface area contributed by atoms with E-state index in [1.165, 1.54) is 38.5 Å². The van der Waals surface area contributed by atoms with E-state index in [1.54, 1.807) is 6.20 Å². The van der Waals surface area contributed by atoms with Crippen LogP contribution in [-0.4, -0.2) is 25.0 Å². The number of rotatable bonds is 5. The Morgan fingerprint density at radius 1 is 1.04 bits per heavy atom. The Morgan fingerprint density at radius 3 is 2.44 bits per heavy atom. The lowest BCUT2D eigenvalue weighted by Gasteiger charge is -2.25. The lowest BCUT2D eigenvalue weighted by Crippen LogP contribution is -2.16. The smallest absolute Gasteiger partial charge is 0.136 e. The Hall–Kier alpha value is -1.49. The van der Waals surface area contributed by atoms with Crippen LogP contribution in [0, 0.1) is 17.8 Å². The SMILES string of the molecule is CC1CCC(Cc2ncc(Cl)c(-c3nnn(C)c3CC3CC3)n2)CC1. The fourth-order valence-electron chi connectivity index (χ4n) is 3.84. The first kappa shape index (κ1) is 17.0. The van der Waals surface area contributed by atoms with Gasteiger partial charge in [-0.25, -0.2) is 9.97 Å². The summed E-state index contributed by atoms with van der Waals surface area (Å²) >= 11 is 6.42. The summed E-state index contributed by atoms with van der Waals surface area (Å²) in [6.45, 7) is 2.35. The van der Waals surface area contributed by atoms with Gasteiger partial charge in [-0.3, -0.25) is 4.68 Å². The molecule has 0 saturated heterocycles. The normalized spacial score (nSPS) is 23.8. The maximum Gasteiger partial charge on any atom is 0.136 e. The molecule has 0 amide bonds. The summed E-state index contributed by atoms with van der Waals surface area (Å²) in [6, 6.07) is 0. The van der Waals surface area contributed by atoms with Gasteiger partial charge in [0, 0.05) is 19.7 Å². The van der Waals surface area contributed by atoms with Crippen LogP contribution in [0.1, 0.15) is 57.0 Å². The molecule has 0 unspecified atom stereocenters. The maximum atomic E-state index is 6.42. The fraction of sp³-hybridized carbons (Fsp3) is 0.684. The van der Waals surface area contributed by atoms with E-state index in [0.717, 1.165) is 47.6 Å². The van der Waals surface area contributed by atoms with Crippen LogP contribution in [0.2, 0.25) is 5.02 Å². The molecule has 2 aliphatic carbocycles. The molecule has 0 aromatic carbocycles. The van der Waals surface area contributed by atoms with Crippen LogP contribution < -0.4 is 0 Å². The highest BCUT2D eigenvalue weighted by Gasteiger charge is 2.27. The molecule has 5 nitrogen and oxygen atoms in total. The molecule has 2 aliphatic rings. The highest BCUT2D eigenvalue weighted by molar-refractivity contribution is 6.32. The predicted octanol–water partition coefficient (Wildman–Crippen LogP) is 4.25. The van der Waals surface area contributed by atoms with Gasteiger partial charge in [-0.2, -0.15) is 0 Å². The van der Waals surface area contributed by atoms with Gasteiger partial charge in [0.15, 0.2) is 0 Å². The van der Waals surface area contributed by atoms with E-state index in [9.17, 15) is 0 Å². The Morgan fingerprint density at radius 2 is 1.72 bits per heavy atom. The summed E-state index contributed by atoms with van der Waals surface area (Å²) in [4.78, 5) is 9.29. The second-order valence-corrected chi connectivity index (χ2v) is 8.38. The van der Waals surface area contributed by atoms with Crippen molar-refractivity contribution in [2.45, 2.75) is 58.3 Å². The van der Waals surface area contributed by atoms with Crippen LogP contribution in [0.3, 0.4) is 0 Å². The molecule has 4 rings (SSSR count). The van der Waals surface area contributed by atoms with Gasteiger partial charge in [-0.1, -0.05) is 36.6 Å². The molecule has 2 aromatic rings. The van der Waals surface area contributed by atoms with E-state index in [-0.39, 0.29) is 0 Å². The van der Waals surface area contributed by atoms with E-state index in [2.05, 4.69) is 22.2 Å². The molecule has 0 bridgehead atoms. The number of hydrogen-bond donors (Lipinski definition) is 0. The van der Waals surface area contributed by atoms with E-state index in [4.69, 9.17) is 16.6 Å². The zero-order valence-corrected chi connectivity index (χ0v) is 15.8. The molecule has 6 heteroatoms. The van der Waals surface area contributed by atoms with Crippen molar-refractivity contribution in [3.8, 4) is 11.4 Å². The molecule has 2 aromatic heterocycles. The predicted molar refractivity (Wildman–Crippen MR) is 98.3 cm³/mol. The van der Waals surface area contributed by atoms with Crippen molar-refractivity contribution < 1.29 is 0 Å². The van der Waals surface area contributed by atoms with Crippen molar-refractivity contribution in [1.82, 2.24) is 25.0 Å². The van der Waals surface area contributed by atoms with Crippen LogP contribution in [0.5, 0.6) is 0 Å². The first-order valence-electron chi connectivity index (χ1n) is 9.50. The van der Waals surface area contributed by atoms with E-state index in [0.29, 0.717) is 10.9 Å². The highest BCUT2D eigenvalue weighted by Crippen LogP contribution is 2.36. The van der Waals surface area contributed by atoms with E-state index < -0.39 is 0 Å². The van der Waals surface area contributed by atoms with Crippen molar-refractivity contribution in [2.24, 2.45) is 24.8 Å². The summed E-state index contributed by atoms with van der Waals surface area (Å²) in [5.41, 5.74) is 2.72. The Labute approximate surface area is 154 Å². The molecule has 0 atom stereocenters. The van der Waals surface area contributed by atoms with E-state index in [1.807, 2.05) is 11.7 Å². The van der Waals surface area contributed by atoms with Gasteiger partial charge in [-0.15, -0.1) is 5.10 Å². The van der Waals surface area contributed by atoms with Crippen molar-refractivity contribution in [1.29, 1.82) is 0 Å². The fourth-order valence-corrected chi connectivity index (χ4v) is 4.03. The zero-order valence-electron chi connectivity index (χ0n) is 15.1. The molecule has 0 aliphatic heterocycles. The topological polar surface area (TPSA) is 56.5 Å². The third-order valence-electron chi connectivity index (χ3n) is 5.75. The molecule has 2 fully saturated rings. The minimum Gasteiger partial charge on any atom is -0.252 e. The first-order chi connectivity index (χ1) is 12.1. The molecule has 0 spiro atoms. The minimum absolute atomic E-state index is 0.568. The number of nitrogens with zero attached hydrogens (tertiary/aromatic N) is 5. The molecule has 2 heterocycles. The maximum absolute atomic E-state index is 6.42. The number of aryl methyl sites for hydroxylation is 1. The third-order valence-corrected chi connectivity index (χ3v) is 6.02. The van der Waals surface area contributed by atoms with Gasteiger partial charge in [-0.05, 0) is 49.9 Å². The van der Waals surface area contributed by atoms with E-state index >= 15 is 0 Å². The van der Waals surface area contributed by atoms with Crippen molar-refractivity contribution in [2.75, 3.05) is 0 Å². The van der Waals surface area contributed by atoms with Gasteiger partial charge >= 0.3 is 0 Å². The van der Waals surface area contributed by atoms with Gasteiger partial charge in [0.2, 0.25) is 0 Å². The van der Waals surface area contributed by atoms with Gasteiger partial charge in [0.25, 0.3) is 0 Å². The lowest BCUT2D eigenvalue weighted by molar-refractivity contribution is 0.286. The molecule has 134 valence electrons. The largest absolute Gasteiger partial charge is 0.252 e. The lowest BCUT2D eigenvalue weighted by atomic mass is 9.81. The Bertz CT molecular complexity index is 744. The number of aromatic nitrogens is 5. The van der Waals surface area contributed by atoms with Gasteiger partial charge in [0.1, 0.15) is 17.2 Å². The summed E-state index contributed by atoms with van der Waals surface area (Å²) < 4.78 is 1.87. The molecule has 0 N–H and O–H groups in total. The highest BCUT2D eigenvalue weighted by atomic mass is 35.5. The number of halogens is 1. The molecule has 2 saturated carbocycles. The second kappa shape index (κ2) is 7.02. The van der Waals surface area contributed by atoms with Crippen LogP contribution in [0.25, 0.3) is 11.4 Å². The summed E-state index contributed by atoms with van der Waals surface area (Å²) in [7, 11) is 1.95.